The Labute approximate surface area is 204 Å². The topological polar surface area (TPSA) is 144 Å². The van der Waals surface area contributed by atoms with Gasteiger partial charge in [-0.15, -0.1) is 0 Å². The number of nitrogens with one attached hydrogen (secondary N) is 3. The van der Waals surface area contributed by atoms with Crippen LogP contribution in [0.5, 0.6) is 0 Å². The number of amides is 3. The zero-order valence-electron chi connectivity index (χ0n) is 19.6. The molecule has 0 bridgehead atoms. The van der Waals surface area contributed by atoms with Crippen LogP contribution < -0.4 is 27.4 Å². The van der Waals surface area contributed by atoms with Crippen LogP contribution in [0.2, 0.25) is 0 Å². The highest BCUT2D eigenvalue weighted by Crippen LogP contribution is 2.26. The van der Waals surface area contributed by atoms with E-state index in [2.05, 4.69) is 16.0 Å². The summed E-state index contributed by atoms with van der Waals surface area (Å²) >= 11 is 0. The molecule has 9 nitrogen and oxygen atoms in total. The molecule has 1 aliphatic rings. The summed E-state index contributed by atoms with van der Waals surface area (Å²) in [6.45, 7) is 0.691. The number of nitrogens with zero attached hydrogens (tertiary/aromatic N) is 1. The number of carbonyl (C=O) groups excluding carboxylic acids is 3. The minimum absolute atomic E-state index is 0.0992. The lowest BCUT2D eigenvalue weighted by Crippen LogP contribution is -2.41. The molecule has 2 aromatic carbocycles. The molecule has 0 radical (unpaired) electrons. The van der Waals surface area contributed by atoms with Crippen molar-refractivity contribution in [2.75, 3.05) is 17.2 Å². The zero-order chi connectivity index (χ0) is 24.8. The van der Waals surface area contributed by atoms with Gasteiger partial charge in [0.05, 0.1) is 5.52 Å². The van der Waals surface area contributed by atoms with Gasteiger partial charge in [0.1, 0.15) is 5.69 Å². The summed E-state index contributed by atoms with van der Waals surface area (Å²) in [5.41, 5.74) is 15.1. The summed E-state index contributed by atoms with van der Waals surface area (Å²) in [5, 5.41) is 9.60. The number of aromatic nitrogens is 1. The van der Waals surface area contributed by atoms with Crippen molar-refractivity contribution in [2.24, 2.45) is 11.5 Å². The molecule has 9 heteroatoms. The third-order valence-electron chi connectivity index (χ3n) is 6.39. The van der Waals surface area contributed by atoms with E-state index in [0.717, 1.165) is 42.1 Å². The highest BCUT2D eigenvalue weighted by Gasteiger charge is 2.23. The van der Waals surface area contributed by atoms with Crippen LogP contribution in [0, 0.1) is 0 Å². The fraction of sp³-hybridized carbons (Fsp3) is 0.346. The Bertz CT molecular complexity index is 1210. The van der Waals surface area contributed by atoms with Crippen LogP contribution in [0.15, 0.2) is 48.5 Å². The lowest BCUT2D eigenvalue weighted by atomic mass is 9.92. The molecule has 35 heavy (non-hydrogen) atoms. The van der Waals surface area contributed by atoms with Crippen LogP contribution in [0.3, 0.4) is 0 Å². The summed E-state index contributed by atoms with van der Waals surface area (Å²) in [4.78, 5) is 36.3. The molecule has 0 spiro atoms. The van der Waals surface area contributed by atoms with Gasteiger partial charge in [0.15, 0.2) is 0 Å². The molecular formula is C26H32N6O3. The van der Waals surface area contributed by atoms with Crippen molar-refractivity contribution in [3.63, 3.8) is 0 Å². The normalized spacial score (nSPS) is 17.7. The first-order valence-electron chi connectivity index (χ1n) is 12.0. The largest absolute Gasteiger partial charge is 0.348 e. The van der Waals surface area contributed by atoms with Crippen molar-refractivity contribution in [3.8, 4) is 0 Å². The van der Waals surface area contributed by atoms with Crippen molar-refractivity contribution in [1.29, 1.82) is 0 Å². The third kappa shape index (κ3) is 6.06. The molecule has 184 valence electrons. The molecule has 1 heterocycles. The first-order chi connectivity index (χ1) is 17.0. The summed E-state index contributed by atoms with van der Waals surface area (Å²) in [6, 6.07) is 15.2. The molecular weight excluding hydrogens is 444 g/mol. The van der Waals surface area contributed by atoms with Crippen LogP contribution in [0.4, 0.5) is 11.4 Å². The standard InChI is InChI=1S/C26H32N6O3/c27-11-10-25(34)30-22-3-1-2-17(12-22)15-32-23-14-21(29-16-33)7-4-18(23)13-24(32)26(35)31-20-8-5-19(28)6-9-20/h1-4,7,12-14,16,19-20H,5-6,8-11,15,27-28H2,(H,29,33)(H,30,34)(H,31,35)/t19-,20-. The van der Waals surface area contributed by atoms with E-state index >= 15 is 0 Å². The van der Waals surface area contributed by atoms with E-state index in [4.69, 9.17) is 11.5 Å². The van der Waals surface area contributed by atoms with Gasteiger partial charge in [-0.1, -0.05) is 18.2 Å². The molecule has 3 amide bonds. The zero-order valence-corrected chi connectivity index (χ0v) is 19.6. The first kappa shape index (κ1) is 24.4. The van der Waals surface area contributed by atoms with Gasteiger partial charge in [-0.3, -0.25) is 14.4 Å². The predicted octanol–water partition coefficient (Wildman–Crippen LogP) is 2.54. The lowest BCUT2D eigenvalue weighted by Gasteiger charge is -2.27. The van der Waals surface area contributed by atoms with Crippen molar-refractivity contribution in [2.45, 2.75) is 50.7 Å². The molecule has 1 fully saturated rings. The van der Waals surface area contributed by atoms with Crippen LogP contribution in [-0.4, -0.2) is 41.4 Å². The first-order valence-corrected chi connectivity index (χ1v) is 12.0. The Kier molecular flexibility index (Phi) is 7.79. The Hall–Kier alpha value is -3.69. The van der Waals surface area contributed by atoms with Crippen molar-refractivity contribution >= 4 is 40.5 Å². The molecule has 0 unspecified atom stereocenters. The van der Waals surface area contributed by atoms with Gasteiger partial charge in [0.25, 0.3) is 5.91 Å². The Morgan fingerprint density at radius 2 is 1.83 bits per heavy atom. The molecule has 4 rings (SSSR count). The fourth-order valence-corrected chi connectivity index (χ4v) is 4.58. The van der Waals surface area contributed by atoms with Gasteiger partial charge < -0.3 is 32.0 Å². The van der Waals surface area contributed by atoms with E-state index in [-0.39, 0.29) is 36.9 Å². The van der Waals surface area contributed by atoms with E-state index in [1.165, 1.54) is 0 Å². The Morgan fingerprint density at radius 3 is 2.57 bits per heavy atom. The maximum absolute atomic E-state index is 13.4. The van der Waals surface area contributed by atoms with E-state index < -0.39 is 0 Å². The molecule has 1 saturated carbocycles. The Balaban J connectivity index is 1.65. The molecule has 1 aromatic heterocycles. The molecule has 0 atom stereocenters. The van der Waals surface area contributed by atoms with Crippen LogP contribution in [0.25, 0.3) is 10.9 Å². The van der Waals surface area contributed by atoms with E-state index in [1.54, 1.807) is 6.07 Å². The maximum Gasteiger partial charge on any atom is 0.268 e. The number of hydrogen-bond acceptors (Lipinski definition) is 5. The summed E-state index contributed by atoms with van der Waals surface area (Å²) in [7, 11) is 0. The van der Waals surface area contributed by atoms with Crippen molar-refractivity contribution < 1.29 is 14.4 Å². The van der Waals surface area contributed by atoms with Gasteiger partial charge in [-0.2, -0.15) is 0 Å². The average Bonchev–Trinajstić information content (AvgIpc) is 3.19. The smallest absolute Gasteiger partial charge is 0.268 e. The summed E-state index contributed by atoms with van der Waals surface area (Å²) < 4.78 is 1.94. The van der Waals surface area contributed by atoms with Gasteiger partial charge >= 0.3 is 0 Å². The number of rotatable bonds is 9. The molecule has 3 aromatic rings. The number of carbonyl (C=O) groups is 3. The van der Waals surface area contributed by atoms with Crippen LogP contribution in [-0.2, 0) is 16.1 Å². The molecule has 0 saturated heterocycles. The molecule has 1 aliphatic carbocycles. The van der Waals surface area contributed by atoms with Gasteiger partial charge in [-0.25, -0.2) is 0 Å². The van der Waals surface area contributed by atoms with Gasteiger partial charge in [0.2, 0.25) is 12.3 Å². The maximum atomic E-state index is 13.4. The molecule has 7 N–H and O–H groups in total. The van der Waals surface area contributed by atoms with E-state index in [0.29, 0.717) is 30.0 Å². The highest BCUT2D eigenvalue weighted by molar-refractivity contribution is 6.00. The SMILES string of the molecule is NCCC(=O)Nc1cccc(Cn2c(C(=O)N[C@H]3CC[C@H](N)CC3)cc3ccc(NC=O)cc32)c1. The summed E-state index contributed by atoms with van der Waals surface area (Å²) in [5.74, 6) is -0.285. The number of hydrogen-bond donors (Lipinski definition) is 5. The van der Waals surface area contributed by atoms with E-state index in [9.17, 15) is 14.4 Å². The van der Waals surface area contributed by atoms with Crippen LogP contribution in [0.1, 0.15) is 48.2 Å². The third-order valence-corrected chi connectivity index (χ3v) is 6.39. The molecule has 0 aliphatic heterocycles. The fourth-order valence-electron chi connectivity index (χ4n) is 4.58. The van der Waals surface area contributed by atoms with Gasteiger partial charge in [0, 0.05) is 48.4 Å². The lowest BCUT2D eigenvalue weighted by molar-refractivity contribution is -0.116. The second-order valence-corrected chi connectivity index (χ2v) is 9.02. The Morgan fingerprint density at radius 1 is 1.03 bits per heavy atom. The quantitative estimate of drug-likeness (QED) is 0.302. The minimum Gasteiger partial charge on any atom is -0.348 e. The second-order valence-electron chi connectivity index (χ2n) is 9.02. The number of fused-ring (bicyclic) bond motifs is 1. The van der Waals surface area contributed by atoms with Crippen LogP contribution >= 0.6 is 0 Å². The average molecular weight is 477 g/mol. The number of anilines is 2. The van der Waals surface area contributed by atoms with E-state index in [1.807, 2.05) is 47.0 Å². The monoisotopic (exact) mass is 476 g/mol. The minimum atomic E-state index is -0.145. The van der Waals surface area contributed by atoms with Crippen molar-refractivity contribution in [3.05, 3.63) is 59.8 Å². The highest BCUT2D eigenvalue weighted by atomic mass is 16.2. The van der Waals surface area contributed by atoms with Crippen molar-refractivity contribution in [1.82, 2.24) is 9.88 Å². The number of benzene rings is 2. The second kappa shape index (κ2) is 11.2. The van der Waals surface area contributed by atoms with Gasteiger partial charge in [-0.05, 0) is 61.6 Å². The predicted molar refractivity (Wildman–Crippen MR) is 137 cm³/mol. The summed E-state index contributed by atoms with van der Waals surface area (Å²) in [6.07, 6.45) is 4.41. The number of nitrogens with two attached hydrogens (primary N) is 2.